The van der Waals surface area contributed by atoms with E-state index in [-0.39, 0.29) is 11.8 Å². The van der Waals surface area contributed by atoms with Gasteiger partial charge in [-0.25, -0.2) is 0 Å². The minimum absolute atomic E-state index is 0.0869. The summed E-state index contributed by atoms with van der Waals surface area (Å²) in [4.78, 5) is 14.5. The summed E-state index contributed by atoms with van der Waals surface area (Å²) in [6.07, 6.45) is 0.830. The van der Waals surface area contributed by atoms with Crippen LogP contribution in [-0.4, -0.2) is 30.4 Å². The Balaban J connectivity index is 1.76. The Morgan fingerprint density at radius 1 is 1.40 bits per heavy atom. The molecule has 3 rings (SSSR count). The van der Waals surface area contributed by atoms with Crippen LogP contribution in [0.25, 0.3) is 0 Å². The van der Waals surface area contributed by atoms with Crippen LogP contribution in [-0.2, 0) is 17.8 Å². The molecule has 1 aromatic rings. The highest BCUT2D eigenvalue weighted by Crippen LogP contribution is 2.31. The molecule has 2 aliphatic rings. The molecule has 108 valence electrons. The van der Waals surface area contributed by atoms with Crippen molar-refractivity contribution >= 4 is 29.1 Å². The molecule has 1 atom stereocenters. The van der Waals surface area contributed by atoms with E-state index in [0.29, 0.717) is 22.5 Å². The molecule has 0 spiro atoms. The lowest BCUT2D eigenvalue weighted by atomic mass is 9.87. The van der Waals surface area contributed by atoms with Gasteiger partial charge in [0.05, 0.1) is 0 Å². The number of amides is 1. The summed E-state index contributed by atoms with van der Waals surface area (Å²) in [5, 5.41) is 4.56. The standard InChI is InChI=1S/C15H18Cl2N2O/c1-9(11-6-18-7-11)15(20)19-3-2-10-4-12(16)5-14(17)13(10)8-19/h4-5,9,11,18H,2-3,6-8H2,1H3. The maximum Gasteiger partial charge on any atom is 0.226 e. The van der Waals surface area contributed by atoms with E-state index in [9.17, 15) is 4.79 Å². The zero-order valence-corrected chi connectivity index (χ0v) is 13.0. The summed E-state index contributed by atoms with van der Waals surface area (Å²) in [7, 11) is 0. The lowest BCUT2D eigenvalue weighted by molar-refractivity contribution is -0.138. The van der Waals surface area contributed by atoms with Crippen LogP contribution >= 0.6 is 23.2 Å². The normalized spacial score (nSPS) is 20.2. The predicted molar refractivity (Wildman–Crippen MR) is 81.1 cm³/mol. The van der Waals surface area contributed by atoms with Crippen molar-refractivity contribution in [2.45, 2.75) is 19.9 Å². The smallest absolute Gasteiger partial charge is 0.226 e. The van der Waals surface area contributed by atoms with Gasteiger partial charge in [0.25, 0.3) is 0 Å². The first-order chi connectivity index (χ1) is 9.56. The van der Waals surface area contributed by atoms with Gasteiger partial charge in [-0.1, -0.05) is 30.1 Å². The maximum absolute atomic E-state index is 12.5. The third-order valence-corrected chi connectivity index (χ3v) is 5.03. The summed E-state index contributed by atoms with van der Waals surface area (Å²) < 4.78 is 0. The Labute approximate surface area is 129 Å². The van der Waals surface area contributed by atoms with Crippen molar-refractivity contribution < 1.29 is 4.79 Å². The van der Waals surface area contributed by atoms with E-state index in [4.69, 9.17) is 23.2 Å². The SMILES string of the molecule is CC(C(=O)N1CCc2cc(Cl)cc(Cl)c2C1)C1CNC1. The number of carbonyl (C=O) groups excluding carboxylic acids is 1. The molecule has 20 heavy (non-hydrogen) atoms. The summed E-state index contributed by atoms with van der Waals surface area (Å²) in [5.41, 5.74) is 2.22. The molecular weight excluding hydrogens is 295 g/mol. The molecule has 1 N–H and O–H groups in total. The molecule has 0 bridgehead atoms. The largest absolute Gasteiger partial charge is 0.338 e. The van der Waals surface area contributed by atoms with Gasteiger partial charge in [0, 0.05) is 29.1 Å². The second-order valence-electron chi connectivity index (χ2n) is 5.74. The number of nitrogens with one attached hydrogen (secondary N) is 1. The van der Waals surface area contributed by atoms with E-state index in [2.05, 4.69) is 5.32 Å². The van der Waals surface area contributed by atoms with Gasteiger partial charge in [0.2, 0.25) is 5.91 Å². The highest BCUT2D eigenvalue weighted by atomic mass is 35.5. The molecule has 1 unspecified atom stereocenters. The second kappa shape index (κ2) is 5.55. The number of halogens is 2. The lowest BCUT2D eigenvalue weighted by Gasteiger charge is -2.37. The van der Waals surface area contributed by atoms with Crippen molar-refractivity contribution in [3.63, 3.8) is 0 Å². The van der Waals surface area contributed by atoms with Crippen LogP contribution in [0.1, 0.15) is 18.1 Å². The van der Waals surface area contributed by atoms with Crippen LogP contribution in [0.2, 0.25) is 10.0 Å². The van der Waals surface area contributed by atoms with Crippen molar-refractivity contribution in [3.05, 3.63) is 33.3 Å². The Morgan fingerprint density at radius 3 is 2.80 bits per heavy atom. The summed E-state index contributed by atoms with van der Waals surface area (Å²) in [6, 6.07) is 3.72. The highest BCUT2D eigenvalue weighted by molar-refractivity contribution is 6.35. The van der Waals surface area contributed by atoms with Gasteiger partial charge in [-0.15, -0.1) is 0 Å². The topological polar surface area (TPSA) is 32.3 Å². The quantitative estimate of drug-likeness (QED) is 0.910. The fourth-order valence-corrected chi connectivity index (χ4v) is 3.52. The maximum atomic E-state index is 12.5. The number of benzene rings is 1. The molecule has 1 fully saturated rings. The van der Waals surface area contributed by atoms with E-state index in [0.717, 1.165) is 31.6 Å². The van der Waals surface area contributed by atoms with Gasteiger partial charge in [-0.3, -0.25) is 4.79 Å². The lowest BCUT2D eigenvalue weighted by Crippen LogP contribution is -2.51. The predicted octanol–water partition coefficient (Wildman–Crippen LogP) is 2.73. The molecule has 5 heteroatoms. The van der Waals surface area contributed by atoms with Gasteiger partial charge in [0.1, 0.15) is 0 Å². The van der Waals surface area contributed by atoms with Crippen LogP contribution in [0.5, 0.6) is 0 Å². The number of nitrogens with zero attached hydrogens (tertiary/aromatic N) is 1. The molecule has 0 saturated carbocycles. The first-order valence-electron chi connectivity index (χ1n) is 7.02. The fourth-order valence-electron chi connectivity index (χ4n) is 2.92. The average Bonchev–Trinajstić information content (AvgIpc) is 2.35. The number of carbonyl (C=O) groups is 1. The van der Waals surface area contributed by atoms with Crippen LogP contribution in [0.3, 0.4) is 0 Å². The molecule has 0 aromatic heterocycles. The number of rotatable bonds is 2. The number of hydrogen-bond donors (Lipinski definition) is 1. The highest BCUT2D eigenvalue weighted by Gasteiger charge is 2.33. The summed E-state index contributed by atoms with van der Waals surface area (Å²) in [6.45, 7) is 5.30. The Morgan fingerprint density at radius 2 is 2.15 bits per heavy atom. The molecular formula is C15H18Cl2N2O. The van der Waals surface area contributed by atoms with Crippen molar-refractivity contribution in [3.8, 4) is 0 Å². The molecule has 0 aliphatic carbocycles. The molecule has 1 amide bonds. The van der Waals surface area contributed by atoms with Gasteiger partial charge in [-0.05, 0) is 48.7 Å². The first-order valence-corrected chi connectivity index (χ1v) is 7.78. The van der Waals surface area contributed by atoms with Crippen molar-refractivity contribution in [2.75, 3.05) is 19.6 Å². The molecule has 0 radical (unpaired) electrons. The van der Waals surface area contributed by atoms with E-state index < -0.39 is 0 Å². The van der Waals surface area contributed by atoms with Gasteiger partial charge in [-0.2, -0.15) is 0 Å². The van der Waals surface area contributed by atoms with Crippen LogP contribution in [0.15, 0.2) is 12.1 Å². The molecule has 1 saturated heterocycles. The van der Waals surface area contributed by atoms with Crippen molar-refractivity contribution in [1.82, 2.24) is 10.2 Å². The average molecular weight is 313 g/mol. The molecule has 2 aliphatic heterocycles. The van der Waals surface area contributed by atoms with Crippen LogP contribution in [0.4, 0.5) is 0 Å². The Kier molecular flexibility index (Phi) is 3.93. The van der Waals surface area contributed by atoms with E-state index in [1.54, 1.807) is 6.07 Å². The Hall–Kier alpha value is -0.770. The molecule has 1 aromatic carbocycles. The van der Waals surface area contributed by atoms with Gasteiger partial charge >= 0.3 is 0 Å². The van der Waals surface area contributed by atoms with E-state index in [1.165, 1.54) is 5.56 Å². The number of fused-ring (bicyclic) bond motifs is 1. The van der Waals surface area contributed by atoms with Crippen molar-refractivity contribution in [1.29, 1.82) is 0 Å². The molecule has 3 nitrogen and oxygen atoms in total. The Bertz CT molecular complexity index is 543. The first kappa shape index (κ1) is 14.2. The van der Waals surface area contributed by atoms with E-state index >= 15 is 0 Å². The van der Waals surface area contributed by atoms with Crippen molar-refractivity contribution in [2.24, 2.45) is 11.8 Å². The number of hydrogen-bond acceptors (Lipinski definition) is 2. The zero-order chi connectivity index (χ0) is 14.3. The monoisotopic (exact) mass is 312 g/mol. The fraction of sp³-hybridized carbons (Fsp3) is 0.533. The van der Waals surface area contributed by atoms with Crippen LogP contribution < -0.4 is 5.32 Å². The van der Waals surface area contributed by atoms with E-state index in [1.807, 2.05) is 17.9 Å². The van der Waals surface area contributed by atoms with Gasteiger partial charge < -0.3 is 10.2 Å². The minimum atomic E-state index is 0.0869. The minimum Gasteiger partial charge on any atom is -0.338 e. The second-order valence-corrected chi connectivity index (χ2v) is 6.59. The zero-order valence-electron chi connectivity index (χ0n) is 11.5. The third-order valence-electron chi connectivity index (χ3n) is 4.47. The molecule has 2 heterocycles. The summed E-state index contributed by atoms with van der Waals surface area (Å²) in [5.74, 6) is 0.807. The van der Waals surface area contributed by atoms with Crippen LogP contribution in [0, 0.1) is 11.8 Å². The van der Waals surface area contributed by atoms with Gasteiger partial charge in [0.15, 0.2) is 0 Å². The third kappa shape index (κ3) is 2.54. The summed E-state index contributed by atoms with van der Waals surface area (Å²) >= 11 is 12.3.